The zero-order valence-corrected chi connectivity index (χ0v) is 10.3. The summed E-state index contributed by atoms with van der Waals surface area (Å²) in [4.78, 5) is 7.34. The Hall–Kier alpha value is -1.13. The van der Waals surface area contributed by atoms with Crippen molar-refractivity contribution in [1.82, 2.24) is 9.97 Å². The van der Waals surface area contributed by atoms with Crippen LogP contribution in [0.2, 0.25) is 5.02 Å². The van der Waals surface area contributed by atoms with Crippen LogP contribution in [0.1, 0.15) is 5.82 Å². The number of halogens is 1. The molecule has 0 aliphatic heterocycles. The number of H-pyrrole nitrogens is 1. The Kier molecular flexibility index (Phi) is 3.41. The molecule has 0 atom stereocenters. The molecule has 0 aliphatic rings. The lowest BCUT2D eigenvalue weighted by Crippen LogP contribution is -1.88. The van der Waals surface area contributed by atoms with Gasteiger partial charge in [0.1, 0.15) is 11.6 Å². The Bertz CT molecular complexity index is 498. The predicted molar refractivity (Wildman–Crippen MR) is 68.3 cm³/mol. The van der Waals surface area contributed by atoms with Gasteiger partial charge >= 0.3 is 0 Å². The van der Waals surface area contributed by atoms with Crippen molar-refractivity contribution < 1.29 is 4.74 Å². The Morgan fingerprint density at radius 1 is 1.50 bits per heavy atom. The van der Waals surface area contributed by atoms with Gasteiger partial charge in [-0.3, -0.25) is 0 Å². The molecule has 1 N–H and O–H groups in total. The van der Waals surface area contributed by atoms with Crippen molar-refractivity contribution in [3.63, 3.8) is 0 Å². The number of thiol groups is 1. The minimum Gasteiger partial charge on any atom is -0.496 e. The molecule has 16 heavy (non-hydrogen) atoms. The molecule has 5 heteroatoms. The number of hydrogen-bond acceptors (Lipinski definition) is 3. The van der Waals surface area contributed by atoms with Crippen molar-refractivity contribution in [3.05, 3.63) is 35.2 Å². The first-order valence-corrected chi connectivity index (χ1v) is 5.74. The van der Waals surface area contributed by atoms with E-state index >= 15 is 0 Å². The molecule has 0 fully saturated rings. The standard InChI is InChI=1S/C11H11ClN2OS/c1-15-10-3-2-7(12)4-8(10)9-5-13-11(6-16)14-9/h2-5,16H,6H2,1H3,(H,13,14). The summed E-state index contributed by atoms with van der Waals surface area (Å²) in [6.45, 7) is 0. The number of methoxy groups -OCH3 is 1. The predicted octanol–water partition coefficient (Wildman–Crippen LogP) is 3.17. The maximum atomic E-state index is 5.96. The average molecular weight is 255 g/mol. The van der Waals surface area contributed by atoms with Crippen LogP contribution in [0, 0.1) is 0 Å². The van der Waals surface area contributed by atoms with Crippen molar-refractivity contribution in [2.24, 2.45) is 0 Å². The number of nitrogens with zero attached hydrogens (tertiary/aromatic N) is 1. The zero-order chi connectivity index (χ0) is 11.5. The first kappa shape index (κ1) is 11.4. The van der Waals surface area contributed by atoms with E-state index in [9.17, 15) is 0 Å². The molecule has 2 rings (SSSR count). The number of hydrogen-bond donors (Lipinski definition) is 2. The fraction of sp³-hybridized carbons (Fsp3) is 0.182. The SMILES string of the molecule is COc1ccc(Cl)cc1-c1cnc(CS)[nH]1. The van der Waals surface area contributed by atoms with E-state index in [1.807, 2.05) is 12.1 Å². The van der Waals surface area contributed by atoms with Gasteiger partial charge in [-0.05, 0) is 18.2 Å². The highest BCUT2D eigenvalue weighted by atomic mass is 35.5. The molecule has 0 bridgehead atoms. The van der Waals surface area contributed by atoms with Gasteiger partial charge in [-0.1, -0.05) is 11.6 Å². The van der Waals surface area contributed by atoms with Crippen LogP contribution >= 0.6 is 24.2 Å². The first-order chi connectivity index (χ1) is 7.74. The number of nitrogens with one attached hydrogen (secondary N) is 1. The van der Waals surface area contributed by atoms with E-state index in [1.54, 1.807) is 19.4 Å². The molecule has 0 spiro atoms. The summed E-state index contributed by atoms with van der Waals surface area (Å²) in [5.41, 5.74) is 1.78. The van der Waals surface area contributed by atoms with E-state index < -0.39 is 0 Å². The third-order valence-corrected chi connectivity index (χ3v) is 2.76. The van der Waals surface area contributed by atoms with E-state index in [0.29, 0.717) is 10.8 Å². The average Bonchev–Trinajstić information content (AvgIpc) is 2.77. The smallest absolute Gasteiger partial charge is 0.128 e. The second-order valence-corrected chi connectivity index (χ2v) is 4.00. The molecule has 0 saturated heterocycles. The third kappa shape index (κ3) is 2.18. The van der Waals surface area contributed by atoms with Crippen LogP contribution in [0.4, 0.5) is 0 Å². The zero-order valence-electron chi connectivity index (χ0n) is 8.70. The van der Waals surface area contributed by atoms with Gasteiger partial charge in [-0.25, -0.2) is 4.98 Å². The van der Waals surface area contributed by atoms with Crippen LogP contribution in [0.25, 0.3) is 11.3 Å². The second-order valence-electron chi connectivity index (χ2n) is 3.25. The van der Waals surface area contributed by atoms with Crippen molar-refractivity contribution in [3.8, 4) is 17.0 Å². The Morgan fingerprint density at radius 2 is 2.31 bits per heavy atom. The quantitative estimate of drug-likeness (QED) is 0.826. The summed E-state index contributed by atoms with van der Waals surface area (Å²) in [6.07, 6.45) is 1.75. The van der Waals surface area contributed by atoms with Crippen LogP contribution in [-0.4, -0.2) is 17.1 Å². The molecule has 1 aromatic heterocycles. The first-order valence-electron chi connectivity index (χ1n) is 4.73. The fourth-order valence-corrected chi connectivity index (χ4v) is 1.80. The molecule has 2 aromatic rings. The highest BCUT2D eigenvalue weighted by molar-refractivity contribution is 7.79. The number of ether oxygens (including phenoxy) is 1. The Balaban J connectivity index is 2.49. The summed E-state index contributed by atoms with van der Waals surface area (Å²) < 4.78 is 5.27. The Labute approximate surface area is 104 Å². The molecule has 0 unspecified atom stereocenters. The largest absolute Gasteiger partial charge is 0.496 e. The van der Waals surface area contributed by atoms with Crippen molar-refractivity contribution >= 4 is 24.2 Å². The van der Waals surface area contributed by atoms with Gasteiger partial charge < -0.3 is 9.72 Å². The maximum absolute atomic E-state index is 5.96. The van der Waals surface area contributed by atoms with Gasteiger partial charge in [0.15, 0.2) is 0 Å². The molecular formula is C11H11ClN2OS. The van der Waals surface area contributed by atoms with E-state index in [0.717, 1.165) is 22.8 Å². The van der Waals surface area contributed by atoms with Crippen molar-refractivity contribution in [2.45, 2.75) is 5.75 Å². The molecule has 1 heterocycles. The Morgan fingerprint density at radius 3 is 2.94 bits per heavy atom. The minimum atomic E-state index is 0.572. The van der Waals surface area contributed by atoms with Gasteiger partial charge in [-0.2, -0.15) is 12.6 Å². The van der Waals surface area contributed by atoms with Crippen LogP contribution < -0.4 is 4.74 Å². The molecule has 84 valence electrons. The molecule has 1 aromatic carbocycles. The summed E-state index contributed by atoms with van der Waals surface area (Å²) in [7, 11) is 1.63. The minimum absolute atomic E-state index is 0.572. The number of benzene rings is 1. The number of rotatable bonds is 3. The number of imidazole rings is 1. The monoisotopic (exact) mass is 254 g/mol. The van der Waals surface area contributed by atoms with Crippen LogP contribution in [-0.2, 0) is 5.75 Å². The second kappa shape index (κ2) is 4.80. The topological polar surface area (TPSA) is 37.9 Å². The van der Waals surface area contributed by atoms with Gasteiger partial charge in [-0.15, -0.1) is 0 Å². The lowest BCUT2D eigenvalue weighted by molar-refractivity contribution is 0.416. The lowest BCUT2D eigenvalue weighted by atomic mass is 10.1. The summed E-state index contributed by atoms with van der Waals surface area (Å²) >= 11 is 10.1. The molecule has 0 aliphatic carbocycles. The number of aromatic amines is 1. The highest BCUT2D eigenvalue weighted by Gasteiger charge is 2.09. The number of aromatic nitrogens is 2. The van der Waals surface area contributed by atoms with Crippen LogP contribution in [0.5, 0.6) is 5.75 Å². The van der Waals surface area contributed by atoms with Crippen LogP contribution in [0.15, 0.2) is 24.4 Å². The van der Waals surface area contributed by atoms with E-state index in [1.165, 1.54) is 0 Å². The van der Waals surface area contributed by atoms with Gasteiger partial charge in [0.05, 0.1) is 19.0 Å². The molecular weight excluding hydrogens is 244 g/mol. The summed E-state index contributed by atoms with van der Waals surface area (Å²) in [5, 5.41) is 0.665. The molecule has 0 radical (unpaired) electrons. The van der Waals surface area contributed by atoms with Gasteiger partial charge in [0.2, 0.25) is 0 Å². The van der Waals surface area contributed by atoms with Crippen molar-refractivity contribution in [2.75, 3.05) is 7.11 Å². The van der Waals surface area contributed by atoms with Gasteiger partial charge in [0, 0.05) is 16.3 Å². The van der Waals surface area contributed by atoms with E-state index in [-0.39, 0.29) is 0 Å². The fourth-order valence-electron chi connectivity index (χ4n) is 1.47. The third-order valence-electron chi connectivity index (χ3n) is 2.23. The molecule has 3 nitrogen and oxygen atoms in total. The van der Waals surface area contributed by atoms with Crippen LogP contribution in [0.3, 0.4) is 0 Å². The summed E-state index contributed by atoms with van der Waals surface area (Å²) in [5.74, 6) is 2.15. The highest BCUT2D eigenvalue weighted by Crippen LogP contribution is 2.31. The molecule has 0 saturated carbocycles. The van der Waals surface area contributed by atoms with E-state index in [2.05, 4.69) is 22.6 Å². The molecule has 0 amide bonds. The van der Waals surface area contributed by atoms with Gasteiger partial charge in [0.25, 0.3) is 0 Å². The summed E-state index contributed by atoms with van der Waals surface area (Å²) in [6, 6.07) is 5.47. The normalized spacial score (nSPS) is 10.4. The lowest BCUT2D eigenvalue weighted by Gasteiger charge is -2.06. The van der Waals surface area contributed by atoms with E-state index in [4.69, 9.17) is 16.3 Å². The van der Waals surface area contributed by atoms with Crippen molar-refractivity contribution in [1.29, 1.82) is 0 Å². The maximum Gasteiger partial charge on any atom is 0.128 e.